The molecule has 0 aromatic heterocycles. The number of amides is 2. The number of nitrogens with one attached hydrogen (secondary N) is 1. The highest BCUT2D eigenvalue weighted by molar-refractivity contribution is 5.96. The average Bonchev–Trinajstić information content (AvgIpc) is 2.92. The van der Waals surface area contributed by atoms with Crippen molar-refractivity contribution in [2.75, 3.05) is 22.9 Å². The lowest BCUT2D eigenvalue weighted by Crippen LogP contribution is -2.59. The summed E-state index contributed by atoms with van der Waals surface area (Å²) in [5, 5.41) is 15.5. The Labute approximate surface area is 227 Å². The van der Waals surface area contributed by atoms with Crippen LogP contribution in [-0.2, 0) is 11.3 Å². The van der Waals surface area contributed by atoms with Crippen LogP contribution in [0.3, 0.4) is 0 Å². The van der Waals surface area contributed by atoms with Gasteiger partial charge in [0.2, 0.25) is 0 Å². The van der Waals surface area contributed by atoms with Crippen molar-refractivity contribution in [2.24, 2.45) is 17.8 Å². The van der Waals surface area contributed by atoms with Crippen molar-refractivity contribution >= 4 is 29.1 Å². The number of piperidine rings is 1. The van der Waals surface area contributed by atoms with Crippen LogP contribution in [0.25, 0.3) is 0 Å². The van der Waals surface area contributed by atoms with Crippen molar-refractivity contribution in [3.05, 3.63) is 63.7 Å². The number of carbonyl (C=O) groups excluding carboxylic acids is 2. The second-order valence-electron chi connectivity index (χ2n) is 12.4. The van der Waals surface area contributed by atoms with Gasteiger partial charge in [0, 0.05) is 41.9 Å². The Morgan fingerprint density at radius 1 is 0.974 bits per heavy atom. The summed E-state index contributed by atoms with van der Waals surface area (Å²) >= 11 is 0. The van der Waals surface area contributed by atoms with E-state index in [-0.39, 0.29) is 40.8 Å². The molecule has 39 heavy (non-hydrogen) atoms. The molecule has 2 heterocycles. The van der Waals surface area contributed by atoms with Gasteiger partial charge in [-0.05, 0) is 87.3 Å². The summed E-state index contributed by atoms with van der Waals surface area (Å²) < 4.78 is 5.40. The normalized spacial score (nSPS) is 29.6. The topological polar surface area (TPSA) is 105 Å². The van der Waals surface area contributed by atoms with Gasteiger partial charge in [0.15, 0.2) is 0 Å². The quantitative estimate of drug-likeness (QED) is 0.409. The molecular weight excluding hydrogens is 496 g/mol. The number of nitrogens with zero attached hydrogens (tertiary/aromatic N) is 3. The number of benzene rings is 2. The fourth-order valence-corrected chi connectivity index (χ4v) is 8.54. The van der Waals surface area contributed by atoms with Crippen LogP contribution >= 0.6 is 0 Å². The molecule has 2 aromatic rings. The number of hydrogen-bond acceptors (Lipinski definition) is 6. The van der Waals surface area contributed by atoms with E-state index in [0.29, 0.717) is 54.9 Å². The van der Waals surface area contributed by atoms with Gasteiger partial charge in [-0.1, -0.05) is 18.2 Å². The molecule has 9 nitrogen and oxygen atoms in total. The molecule has 204 valence electrons. The Morgan fingerprint density at radius 2 is 1.64 bits per heavy atom. The van der Waals surface area contributed by atoms with Gasteiger partial charge < -0.3 is 15.0 Å². The molecular formula is C30H34N4O5. The van der Waals surface area contributed by atoms with Crippen molar-refractivity contribution in [1.82, 2.24) is 5.32 Å². The summed E-state index contributed by atoms with van der Waals surface area (Å²) in [6.07, 6.45) is 7.96. The number of nitro benzene ring substituents is 1. The van der Waals surface area contributed by atoms with Crippen molar-refractivity contribution < 1.29 is 19.2 Å². The Balaban J connectivity index is 1.06. The molecule has 4 aliphatic carbocycles. The van der Waals surface area contributed by atoms with E-state index in [0.717, 1.165) is 30.5 Å². The minimum absolute atomic E-state index is 0.0420. The molecule has 0 unspecified atom stereocenters. The first-order valence-corrected chi connectivity index (χ1v) is 14.3. The van der Waals surface area contributed by atoms with E-state index in [1.807, 2.05) is 29.2 Å². The fraction of sp³-hybridized carbons (Fsp3) is 0.533. The van der Waals surface area contributed by atoms with Crippen molar-refractivity contribution in [1.29, 1.82) is 0 Å². The van der Waals surface area contributed by atoms with E-state index in [4.69, 9.17) is 4.74 Å². The zero-order chi connectivity index (χ0) is 26.7. The van der Waals surface area contributed by atoms with E-state index in [2.05, 4.69) is 5.32 Å². The predicted molar refractivity (Wildman–Crippen MR) is 146 cm³/mol. The Bertz CT molecular complexity index is 1300. The van der Waals surface area contributed by atoms with Crippen molar-refractivity contribution in [3.8, 4) is 0 Å². The lowest BCUT2D eigenvalue weighted by molar-refractivity contribution is -0.384. The van der Waals surface area contributed by atoms with Crippen molar-refractivity contribution in [2.45, 2.75) is 69.6 Å². The summed E-state index contributed by atoms with van der Waals surface area (Å²) in [7, 11) is 0. The van der Waals surface area contributed by atoms with Crippen LogP contribution in [0.4, 0.5) is 21.9 Å². The van der Waals surface area contributed by atoms with Gasteiger partial charge in [0.05, 0.1) is 10.6 Å². The van der Waals surface area contributed by atoms with E-state index in [1.54, 1.807) is 17.0 Å². The molecule has 9 heteroatoms. The molecule has 1 N–H and O–H groups in total. The lowest BCUT2D eigenvalue weighted by atomic mass is 9.53. The number of anilines is 2. The second-order valence-corrected chi connectivity index (χ2v) is 12.4. The number of ether oxygens (including phenoxy) is 1. The molecule has 8 rings (SSSR count). The number of fused-ring (bicyclic) bond motifs is 1. The first kappa shape index (κ1) is 24.4. The maximum absolute atomic E-state index is 13.3. The molecule has 2 aromatic carbocycles. The maximum Gasteiger partial charge on any atom is 0.414 e. The van der Waals surface area contributed by atoms with Gasteiger partial charge in [-0.2, -0.15) is 0 Å². The monoisotopic (exact) mass is 530 g/mol. The van der Waals surface area contributed by atoms with Gasteiger partial charge >= 0.3 is 6.09 Å². The van der Waals surface area contributed by atoms with Gasteiger partial charge in [-0.15, -0.1) is 0 Å². The van der Waals surface area contributed by atoms with Crippen LogP contribution in [0.2, 0.25) is 0 Å². The zero-order valence-electron chi connectivity index (χ0n) is 22.0. The fourth-order valence-electron chi connectivity index (χ4n) is 8.54. The molecule has 6 aliphatic rings. The van der Waals surface area contributed by atoms with Gasteiger partial charge in [0.1, 0.15) is 12.3 Å². The highest BCUT2D eigenvalue weighted by Gasteiger charge is 2.51. The Kier molecular flexibility index (Phi) is 5.79. The number of hydrogen-bond donors (Lipinski definition) is 1. The predicted octanol–water partition coefficient (Wildman–Crippen LogP) is 5.42. The number of carbonyl (C=O) groups is 2. The van der Waals surface area contributed by atoms with E-state index < -0.39 is 0 Å². The van der Waals surface area contributed by atoms with Crippen LogP contribution in [0.5, 0.6) is 0 Å². The van der Waals surface area contributed by atoms with Gasteiger partial charge in [0.25, 0.3) is 11.6 Å². The van der Waals surface area contributed by atoms with E-state index in [9.17, 15) is 19.7 Å². The molecule has 0 spiro atoms. The first-order valence-electron chi connectivity index (χ1n) is 14.3. The minimum Gasteiger partial charge on any atom is -0.444 e. The molecule has 1 saturated heterocycles. The maximum atomic E-state index is 13.3. The molecule has 2 amide bonds. The summed E-state index contributed by atoms with van der Waals surface area (Å²) in [6, 6.07) is 12.6. The summed E-state index contributed by atoms with van der Waals surface area (Å²) in [5.74, 6) is 1.91. The van der Waals surface area contributed by atoms with Crippen LogP contribution < -0.4 is 15.1 Å². The standard InChI is InChI=1S/C30H34N4O5/c35-28(31-30-15-19-11-20(16-30)13-21(12-19)17-30)22-5-6-26(27(14-22)34(37)38)32-9-7-24(8-10-32)33-25-4-2-1-3-23(25)18-39-29(33)36/h1-6,14,19-21,24H,7-13,15-18H2,(H,31,35). The molecule has 2 aliphatic heterocycles. The lowest BCUT2D eigenvalue weighted by Gasteiger charge is -2.56. The number of cyclic esters (lactones) is 1. The molecule has 0 radical (unpaired) electrons. The summed E-state index contributed by atoms with van der Waals surface area (Å²) in [4.78, 5) is 41.5. The first-order chi connectivity index (χ1) is 18.9. The Morgan fingerprint density at radius 3 is 2.31 bits per heavy atom. The van der Waals surface area contributed by atoms with E-state index in [1.165, 1.54) is 25.3 Å². The highest BCUT2D eigenvalue weighted by Crippen LogP contribution is 2.55. The summed E-state index contributed by atoms with van der Waals surface area (Å²) in [6.45, 7) is 1.41. The Hall–Kier alpha value is -3.62. The van der Waals surface area contributed by atoms with Crippen molar-refractivity contribution in [3.63, 3.8) is 0 Å². The average molecular weight is 531 g/mol. The molecule has 4 saturated carbocycles. The third-order valence-electron chi connectivity index (χ3n) is 9.82. The molecule has 4 bridgehead atoms. The van der Waals surface area contributed by atoms with E-state index >= 15 is 0 Å². The van der Waals surface area contributed by atoms with Crippen LogP contribution in [0.15, 0.2) is 42.5 Å². The zero-order valence-corrected chi connectivity index (χ0v) is 22.0. The third kappa shape index (κ3) is 4.32. The summed E-state index contributed by atoms with van der Waals surface area (Å²) in [5.41, 5.74) is 2.55. The highest BCUT2D eigenvalue weighted by atomic mass is 16.6. The van der Waals surface area contributed by atoms with Crippen LogP contribution in [0.1, 0.15) is 67.3 Å². The van der Waals surface area contributed by atoms with Crippen LogP contribution in [0, 0.1) is 27.9 Å². The largest absolute Gasteiger partial charge is 0.444 e. The third-order valence-corrected chi connectivity index (χ3v) is 9.82. The van der Waals surface area contributed by atoms with Gasteiger partial charge in [-0.3, -0.25) is 19.8 Å². The number of nitro groups is 1. The second kappa shape index (κ2) is 9.24. The smallest absolute Gasteiger partial charge is 0.414 e. The molecule has 5 fully saturated rings. The van der Waals surface area contributed by atoms with Gasteiger partial charge in [-0.25, -0.2) is 4.79 Å². The number of para-hydroxylation sites is 1. The molecule has 0 atom stereocenters. The van der Waals surface area contributed by atoms with Crippen LogP contribution in [-0.4, -0.2) is 41.6 Å². The minimum atomic E-state index is -0.388. The number of rotatable bonds is 5. The SMILES string of the molecule is O=C(NC12CC3CC(CC(C3)C1)C2)c1ccc(N2CCC(N3C(=O)OCc4ccccc43)CC2)c([N+](=O)[O-])c1.